The smallest absolute Gasteiger partial charge is 0.322 e. The van der Waals surface area contributed by atoms with Gasteiger partial charge < -0.3 is 10.2 Å². The van der Waals surface area contributed by atoms with Gasteiger partial charge in [0.1, 0.15) is 5.54 Å². The summed E-state index contributed by atoms with van der Waals surface area (Å²) < 4.78 is 0. The van der Waals surface area contributed by atoms with Gasteiger partial charge in [-0.05, 0) is 6.07 Å². The molecule has 88 valence electrons. The molecule has 0 aromatic heterocycles. The van der Waals surface area contributed by atoms with Gasteiger partial charge >= 0.3 is 6.03 Å². The fourth-order valence-electron chi connectivity index (χ4n) is 2.62. The number of para-hydroxylation sites is 1. The Labute approximate surface area is 98.8 Å². The number of anilines is 1. The number of amides is 3. The Morgan fingerprint density at radius 1 is 1.29 bits per heavy atom. The molecule has 3 amide bonds. The van der Waals surface area contributed by atoms with Gasteiger partial charge in [-0.1, -0.05) is 18.2 Å². The summed E-state index contributed by atoms with van der Waals surface area (Å²) in [5, 5.41) is 5.10. The summed E-state index contributed by atoms with van der Waals surface area (Å²) in [5.41, 5.74) is 0.994. The molecule has 2 aliphatic rings. The molecule has 1 fully saturated rings. The van der Waals surface area contributed by atoms with Crippen LogP contribution in [-0.2, 0) is 10.3 Å². The van der Waals surface area contributed by atoms with Crippen LogP contribution in [-0.4, -0.2) is 25.5 Å². The fourth-order valence-corrected chi connectivity index (χ4v) is 2.62. The van der Waals surface area contributed by atoms with Gasteiger partial charge in [-0.15, -0.1) is 0 Å². The first-order chi connectivity index (χ1) is 8.13. The van der Waals surface area contributed by atoms with Crippen molar-refractivity contribution in [2.75, 3.05) is 18.5 Å². The predicted molar refractivity (Wildman–Crippen MR) is 62.7 cm³/mol. The van der Waals surface area contributed by atoms with E-state index in [0.717, 1.165) is 17.8 Å². The maximum absolute atomic E-state index is 12.0. The highest BCUT2D eigenvalue weighted by atomic mass is 16.2. The Bertz CT molecular complexity index is 514. The number of carbonyl (C=O) groups is 2. The quantitative estimate of drug-likeness (QED) is 0.641. The average Bonchev–Trinajstić information content (AvgIpc) is 2.61. The first kappa shape index (κ1) is 10.1. The van der Waals surface area contributed by atoms with E-state index in [4.69, 9.17) is 0 Å². The molecule has 0 radical (unpaired) electrons. The normalized spacial score (nSPS) is 26.8. The highest BCUT2D eigenvalue weighted by molar-refractivity contribution is 6.08. The third-order valence-electron chi connectivity index (χ3n) is 3.54. The SMILES string of the molecule is CN1CCC2(NC(=O)NC2=O)c2ccccc21. The first-order valence-electron chi connectivity index (χ1n) is 5.58. The second kappa shape index (κ2) is 3.23. The van der Waals surface area contributed by atoms with Crippen LogP contribution in [0.15, 0.2) is 24.3 Å². The minimum Gasteiger partial charge on any atom is -0.374 e. The maximum atomic E-state index is 12.0. The van der Waals surface area contributed by atoms with Crippen molar-refractivity contribution >= 4 is 17.6 Å². The molecule has 1 saturated heterocycles. The van der Waals surface area contributed by atoms with E-state index in [1.54, 1.807) is 0 Å². The number of benzene rings is 1. The average molecular weight is 231 g/mol. The van der Waals surface area contributed by atoms with Crippen molar-refractivity contribution in [2.24, 2.45) is 0 Å². The number of fused-ring (bicyclic) bond motifs is 2. The van der Waals surface area contributed by atoms with E-state index in [0.29, 0.717) is 6.42 Å². The largest absolute Gasteiger partial charge is 0.374 e. The number of hydrogen-bond acceptors (Lipinski definition) is 3. The molecule has 1 spiro atoms. The van der Waals surface area contributed by atoms with Crippen LogP contribution >= 0.6 is 0 Å². The van der Waals surface area contributed by atoms with E-state index >= 15 is 0 Å². The van der Waals surface area contributed by atoms with Gasteiger partial charge in [0.2, 0.25) is 0 Å². The molecule has 1 atom stereocenters. The summed E-state index contributed by atoms with van der Waals surface area (Å²) in [7, 11) is 1.99. The topological polar surface area (TPSA) is 61.4 Å². The molecule has 5 nitrogen and oxygen atoms in total. The van der Waals surface area contributed by atoms with E-state index in [2.05, 4.69) is 15.5 Å². The van der Waals surface area contributed by atoms with Gasteiger partial charge in [0.25, 0.3) is 5.91 Å². The highest BCUT2D eigenvalue weighted by Gasteiger charge is 2.50. The van der Waals surface area contributed by atoms with Crippen LogP contribution in [0.1, 0.15) is 12.0 Å². The summed E-state index contributed by atoms with van der Waals surface area (Å²) in [6.07, 6.45) is 0.595. The molecule has 2 aliphatic heterocycles. The van der Waals surface area contributed by atoms with Crippen molar-refractivity contribution < 1.29 is 9.59 Å². The lowest BCUT2D eigenvalue weighted by Crippen LogP contribution is -2.50. The van der Waals surface area contributed by atoms with E-state index in [1.165, 1.54) is 0 Å². The van der Waals surface area contributed by atoms with Gasteiger partial charge in [0, 0.05) is 31.3 Å². The van der Waals surface area contributed by atoms with Crippen LogP contribution in [0.5, 0.6) is 0 Å². The lowest BCUT2D eigenvalue weighted by Gasteiger charge is -2.38. The van der Waals surface area contributed by atoms with Crippen molar-refractivity contribution in [3.8, 4) is 0 Å². The van der Waals surface area contributed by atoms with Crippen molar-refractivity contribution in [3.05, 3.63) is 29.8 Å². The Balaban J connectivity index is 2.18. The van der Waals surface area contributed by atoms with Crippen LogP contribution in [0.25, 0.3) is 0 Å². The van der Waals surface area contributed by atoms with Crippen molar-refractivity contribution in [1.29, 1.82) is 0 Å². The minimum atomic E-state index is -0.875. The van der Waals surface area contributed by atoms with Gasteiger partial charge in [-0.3, -0.25) is 10.1 Å². The van der Waals surface area contributed by atoms with E-state index < -0.39 is 11.6 Å². The molecule has 0 aliphatic carbocycles. The van der Waals surface area contributed by atoms with Gasteiger partial charge in [-0.25, -0.2) is 4.79 Å². The summed E-state index contributed by atoms with van der Waals surface area (Å²) in [5.74, 6) is -0.247. The molecule has 0 saturated carbocycles. The molecule has 2 heterocycles. The summed E-state index contributed by atoms with van der Waals surface area (Å²) in [4.78, 5) is 25.5. The standard InChI is InChI=1S/C12H13N3O2/c1-15-7-6-12(10(16)13-11(17)14-12)8-4-2-3-5-9(8)15/h2-5H,6-7H2,1H3,(H2,13,14,16,17). The Morgan fingerprint density at radius 2 is 2.06 bits per heavy atom. The third kappa shape index (κ3) is 1.25. The second-order valence-corrected chi connectivity index (χ2v) is 4.50. The number of nitrogens with one attached hydrogen (secondary N) is 2. The van der Waals surface area contributed by atoms with Gasteiger partial charge in [0.15, 0.2) is 0 Å². The van der Waals surface area contributed by atoms with Crippen LogP contribution in [0.4, 0.5) is 10.5 Å². The number of carbonyl (C=O) groups excluding carboxylic acids is 2. The van der Waals surface area contributed by atoms with E-state index in [-0.39, 0.29) is 5.91 Å². The predicted octanol–water partition coefficient (Wildman–Crippen LogP) is 0.561. The molecule has 2 N–H and O–H groups in total. The minimum absolute atomic E-state index is 0.247. The zero-order valence-electron chi connectivity index (χ0n) is 9.49. The van der Waals surface area contributed by atoms with E-state index in [1.807, 2.05) is 31.3 Å². The number of nitrogens with zero attached hydrogens (tertiary/aromatic N) is 1. The second-order valence-electron chi connectivity index (χ2n) is 4.50. The molecule has 5 heteroatoms. The number of urea groups is 1. The maximum Gasteiger partial charge on any atom is 0.322 e. The molecule has 1 aromatic rings. The number of hydrogen-bond donors (Lipinski definition) is 2. The first-order valence-corrected chi connectivity index (χ1v) is 5.58. The van der Waals surface area contributed by atoms with E-state index in [9.17, 15) is 9.59 Å². The van der Waals surface area contributed by atoms with Crippen molar-refractivity contribution in [1.82, 2.24) is 10.6 Å². The fraction of sp³-hybridized carbons (Fsp3) is 0.333. The molecule has 1 unspecified atom stereocenters. The molecule has 1 aromatic carbocycles. The Hall–Kier alpha value is -2.04. The zero-order valence-corrected chi connectivity index (χ0v) is 9.49. The summed E-state index contributed by atoms with van der Waals surface area (Å²) in [6.45, 7) is 0.741. The van der Waals surface area contributed by atoms with Gasteiger partial charge in [0.05, 0.1) is 0 Å². The van der Waals surface area contributed by atoms with Crippen LogP contribution in [0.2, 0.25) is 0 Å². The Morgan fingerprint density at radius 3 is 2.76 bits per heavy atom. The third-order valence-corrected chi connectivity index (χ3v) is 3.54. The number of imide groups is 1. The molecule has 17 heavy (non-hydrogen) atoms. The highest BCUT2D eigenvalue weighted by Crippen LogP contribution is 2.39. The van der Waals surface area contributed by atoms with Crippen LogP contribution in [0.3, 0.4) is 0 Å². The molecule has 0 bridgehead atoms. The lowest BCUT2D eigenvalue weighted by molar-refractivity contribution is -0.124. The van der Waals surface area contributed by atoms with Crippen molar-refractivity contribution in [3.63, 3.8) is 0 Å². The monoisotopic (exact) mass is 231 g/mol. The number of rotatable bonds is 0. The summed E-state index contributed by atoms with van der Waals surface area (Å²) in [6, 6.07) is 7.28. The lowest BCUT2D eigenvalue weighted by atomic mass is 9.82. The summed E-state index contributed by atoms with van der Waals surface area (Å²) >= 11 is 0. The molecular weight excluding hydrogens is 218 g/mol. The molecular formula is C12H13N3O2. The van der Waals surface area contributed by atoms with Crippen LogP contribution < -0.4 is 15.5 Å². The van der Waals surface area contributed by atoms with Crippen molar-refractivity contribution in [2.45, 2.75) is 12.0 Å². The zero-order chi connectivity index (χ0) is 12.0. The molecule has 3 rings (SSSR count). The van der Waals surface area contributed by atoms with Crippen LogP contribution in [0, 0.1) is 0 Å². The van der Waals surface area contributed by atoms with Gasteiger partial charge in [-0.2, -0.15) is 0 Å². The Kier molecular flexibility index (Phi) is 1.92.